The van der Waals surface area contributed by atoms with Gasteiger partial charge < -0.3 is 5.73 Å². The number of hydrogen-bond donors (Lipinski definition) is 1. The zero-order valence-electron chi connectivity index (χ0n) is 24.8. The van der Waals surface area contributed by atoms with Crippen molar-refractivity contribution in [2.45, 2.75) is 206 Å². The summed E-state index contributed by atoms with van der Waals surface area (Å²) < 4.78 is 0. The molecule has 35 heavy (non-hydrogen) atoms. The molecule has 0 aliphatic heterocycles. The molecule has 0 saturated carbocycles. The second kappa shape index (κ2) is 31.7. The fraction of sp³-hybridized carbons (Fsp3) is 0.941. The minimum absolute atomic E-state index is 0.464. The van der Waals surface area contributed by atoms with Gasteiger partial charge in [0.2, 0.25) is 0 Å². The molecule has 1 heteroatoms. The fourth-order valence-corrected chi connectivity index (χ4v) is 5.22. The molecule has 0 radical (unpaired) electrons. The second-order valence-corrected chi connectivity index (χ2v) is 11.5. The Hall–Kier alpha value is -0.300. The average Bonchev–Trinajstić information content (AvgIpc) is 2.86. The van der Waals surface area contributed by atoms with Crippen molar-refractivity contribution in [2.24, 2.45) is 5.73 Å². The summed E-state index contributed by atoms with van der Waals surface area (Å²) >= 11 is 0. The lowest BCUT2D eigenvalue weighted by molar-refractivity contribution is 0.479. The maximum Gasteiger partial charge on any atom is 0.00388 e. The molecule has 1 nitrogen and oxygen atoms in total. The first-order valence-corrected chi connectivity index (χ1v) is 16.7. The fourth-order valence-electron chi connectivity index (χ4n) is 5.22. The van der Waals surface area contributed by atoms with E-state index in [9.17, 15) is 0 Å². The molecule has 2 N–H and O–H groups in total. The van der Waals surface area contributed by atoms with E-state index in [1.165, 1.54) is 186 Å². The van der Waals surface area contributed by atoms with Crippen LogP contribution in [0.15, 0.2) is 12.2 Å². The highest BCUT2D eigenvalue weighted by molar-refractivity contribution is 4.81. The lowest BCUT2D eigenvalue weighted by Gasteiger charge is -2.11. The minimum atomic E-state index is 0.464. The molecule has 1 unspecified atom stereocenters. The molecule has 0 aromatic heterocycles. The maximum absolute atomic E-state index is 6.34. The van der Waals surface area contributed by atoms with Gasteiger partial charge in [-0.15, -0.1) is 0 Å². The van der Waals surface area contributed by atoms with Gasteiger partial charge in [-0.25, -0.2) is 0 Å². The average molecular weight is 492 g/mol. The highest BCUT2D eigenvalue weighted by Gasteiger charge is 2.02. The summed E-state index contributed by atoms with van der Waals surface area (Å²) in [5, 5.41) is 0. The maximum atomic E-state index is 6.34. The first-order chi connectivity index (χ1) is 17.3. The van der Waals surface area contributed by atoms with E-state index < -0.39 is 0 Å². The van der Waals surface area contributed by atoms with Crippen LogP contribution in [0.3, 0.4) is 0 Å². The molecule has 0 bridgehead atoms. The van der Waals surface area contributed by atoms with Crippen molar-refractivity contribution in [3.8, 4) is 0 Å². The Labute approximate surface area is 223 Å². The van der Waals surface area contributed by atoms with E-state index in [-0.39, 0.29) is 0 Å². The molecule has 0 amide bonds. The van der Waals surface area contributed by atoms with E-state index in [0.29, 0.717) is 6.04 Å². The summed E-state index contributed by atoms with van der Waals surface area (Å²) in [6, 6.07) is 0.464. The van der Waals surface area contributed by atoms with Crippen LogP contribution in [-0.4, -0.2) is 6.04 Å². The topological polar surface area (TPSA) is 26.0 Å². The first kappa shape index (κ1) is 34.7. The Morgan fingerprint density at radius 1 is 0.371 bits per heavy atom. The van der Waals surface area contributed by atoms with Gasteiger partial charge in [-0.1, -0.05) is 174 Å². The van der Waals surface area contributed by atoms with Crippen LogP contribution in [0.5, 0.6) is 0 Å². The van der Waals surface area contributed by atoms with Crippen molar-refractivity contribution in [3.63, 3.8) is 0 Å². The number of nitrogens with two attached hydrogens (primary N) is 1. The molecule has 0 aliphatic carbocycles. The highest BCUT2D eigenvalue weighted by Crippen LogP contribution is 2.15. The Balaban J connectivity index is 3.15. The Morgan fingerprint density at radius 3 is 0.943 bits per heavy atom. The lowest BCUT2D eigenvalue weighted by Crippen LogP contribution is -2.19. The van der Waals surface area contributed by atoms with Gasteiger partial charge in [0.15, 0.2) is 0 Å². The van der Waals surface area contributed by atoms with Gasteiger partial charge in [0.05, 0.1) is 0 Å². The third-order valence-corrected chi connectivity index (χ3v) is 7.77. The molecule has 1 atom stereocenters. The Morgan fingerprint density at radius 2 is 0.629 bits per heavy atom. The molecule has 210 valence electrons. The predicted molar refractivity (Wildman–Crippen MR) is 162 cm³/mol. The zero-order chi connectivity index (χ0) is 25.5. The molecule has 0 rings (SSSR count). The third-order valence-electron chi connectivity index (χ3n) is 7.77. The molecule has 0 saturated heterocycles. The Bertz CT molecular complexity index is 388. The van der Waals surface area contributed by atoms with Crippen LogP contribution < -0.4 is 5.73 Å². The van der Waals surface area contributed by atoms with Gasteiger partial charge in [-0.3, -0.25) is 0 Å². The van der Waals surface area contributed by atoms with Crippen molar-refractivity contribution in [2.75, 3.05) is 0 Å². The van der Waals surface area contributed by atoms with Crippen LogP contribution in [-0.2, 0) is 0 Å². The van der Waals surface area contributed by atoms with Crippen LogP contribution in [0, 0.1) is 0 Å². The molecule has 0 heterocycles. The second-order valence-electron chi connectivity index (χ2n) is 11.5. The largest absolute Gasteiger partial charge is 0.328 e. The summed E-state index contributed by atoms with van der Waals surface area (Å²) in [5.74, 6) is 0. The van der Waals surface area contributed by atoms with E-state index in [0.717, 1.165) is 0 Å². The highest BCUT2D eigenvalue weighted by atomic mass is 14.6. The molecular formula is C34H69N. The monoisotopic (exact) mass is 492 g/mol. The minimum Gasteiger partial charge on any atom is -0.328 e. The van der Waals surface area contributed by atoms with Crippen molar-refractivity contribution in [1.29, 1.82) is 0 Å². The van der Waals surface area contributed by atoms with Crippen molar-refractivity contribution < 1.29 is 0 Å². The lowest BCUT2D eigenvalue weighted by atomic mass is 10.00. The summed E-state index contributed by atoms with van der Waals surface area (Å²) in [4.78, 5) is 0. The van der Waals surface area contributed by atoms with E-state index in [1.807, 2.05) is 0 Å². The number of allylic oxidation sites excluding steroid dienone is 2. The third kappa shape index (κ3) is 31.7. The SMILES string of the molecule is CCCCCCCCC=CCCCCCCCCCCCCCC(N)CCCCCCCCCC. The summed E-state index contributed by atoms with van der Waals surface area (Å²) in [6.07, 6.45) is 45.4. The van der Waals surface area contributed by atoms with Crippen LogP contribution in [0.25, 0.3) is 0 Å². The van der Waals surface area contributed by atoms with Crippen LogP contribution >= 0.6 is 0 Å². The Kier molecular flexibility index (Phi) is 31.5. The van der Waals surface area contributed by atoms with Gasteiger partial charge >= 0.3 is 0 Å². The normalized spacial score (nSPS) is 12.7. The van der Waals surface area contributed by atoms with Crippen molar-refractivity contribution >= 4 is 0 Å². The van der Waals surface area contributed by atoms with Gasteiger partial charge in [0, 0.05) is 6.04 Å². The number of hydrogen-bond acceptors (Lipinski definition) is 1. The van der Waals surface area contributed by atoms with E-state index in [1.54, 1.807) is 0 Å². The molecule has 0 aliphatic rings. The van der Waals surface area contributed by atoms with Gasteiger partial charge in [0.1, 0.15) is 0 Å². The number of unbranched alkanes of at least 4 members (excludes halogenated alkanes) is 24. The molecule has 0 spiro atoms. The van der Waals surface area contributed by atoms with Crippen LogP contribution in [0.4, 0.5) is 0 Å². The summed E-state index contributed by atoms with van der Waals surface area (Å²) in [7, 11) is 0. The van der Waals surface area contributed by atoms with E-state index >= 15 is 0 Å². The van der Waals surface area contributed by atoms with Crippen LogP contribution in [0.1, 0.15) is 200 Å². The standard InChI is InChI=1S/C34H69N/c1-3-5-7-9-11-13-14-15-16-17-18-19-20-21-22-23-24-25-27-29-31-33-34(35)32-30-28-26-12-10-8-6-4-2/h15-16,34H,3-14,17-33,35H2,1-2H3. The molecular weight excluding hydrogens is 422 g/mol. The van der Waals surface area contributed by atoms with Crippen LogP contribution in [0.2, 0.25) is 0 Å². The van der Waals surface area contributed by atoms with E-state index in [4.69, 9.17) is 5.73 Å². The molecule has 0 aromatic rings. The zero-order valence-corrected chi connectivity index (χ0v) is 24.8. The quantitative estimate of drug-likeness (QED) is 0.0784. The summed E-state index contributed by atoms with van der Waals surface area (Å²) in [6.45, 7) is 4.59. The van der Waals surface area contributed by atoms with Crippen molar-refractivity contribution in [1.82, 2.24) is 0 Å². The van der Waals surface area contributed by atoms with Crippen molar-refractivity contribution in [3.05, 3.63) is 12.2 Å². The summed E-state index contributed by atoms with van der Waals surface area (Å²) in [5.41, 5.74) is 6.34. The number of rotatable bonds is 30. The van der Waals surface area contributed by atoms with Gasteiger partial charge in [-0.05, 0) is 38.5 Å². The molecule has 0 fully saturated rings. The van der Waals surface area contributed by atoms with E-state index in [2.05, 4.69) is 26.0 Å². The van der Waals surface area contributed by atoms with Gasteiger partial charge in [-0.2, -0.15) is 0 Å². The first-order valence-electron chi connectivity index (χ1n) is 16.7. The smallest absolute Gasteiger partial charge is 0.00388 e. The molecule has 0 aromatic carbocycles. The predicted octanol–water partition coefficient (Wildman–Crippen LogP) is 12.2. The van der Waals surface area contributed by atoms with Gasteiger partial charge in [0.25, 0.3) is 0 Å².